The van der Waals surface area contributed by atoms with Crippen molar-refractivity contribution in [3.05, 3.63) is 16.1 Å². The molecular formula is C16H30N2S. The lowest BCUT2D eigenvalue weighted by Crippen LogP contribution is -2.38. The molecule has 19 heavy (non-hydrogen) atoms. The largest absolute Gasteiger partial charge is 0.313 e. The molecule has 1 rings (SSSR count). The highest BCUT2D eigenvalue weighted by atomic mass is 32.1. The van der Waals surface area contributed by atoms with Crippen molar-refractivity contribution in [2.24, 2.45) is 5.92 Å². The first-order valence-corrected chi connectivity index (χ1v) is 8.73. The highest BCUT2D eigenvalue weighted by Crippen LogP contribution is 2.21. The maximum atomic E-state index is 4.63. The number of aromatic nitrogens is 1. The van der Waals surface area contributed by atoms with Crippen LogP contribution in [0.2, 0.25) is 0 Å². The van der Waals surface area contributed by atoms with Crippen LogP contribution in [-0.2, 0) is 6.42 Å². The first-order valence-electron chi connectivity index (χ1n) is 7.85. The van der Waals surface area contributed by atoms with Crippen LogP contribution in [0.5, 0.6) is 0 Å². The van der Waals surface area contributed by atoms with Crippen LogP contribution in [0.1, 0.15) is 63.6 Å². The van der Waals surface area contributed by atoms with E-state index in [-0.39, 0.29) is 0 Å². The number of nitrogens with one attached hydrogen (secondary N) is 1. The molecule has 1 heterocycles. The Morgan fingerprint density at radius 1 is 1.26 bits per heavy atom. The van der Waals surface area contributed by atoms with E-state index in [9.17, 15) is 0 Å². The van der Waals surface area contributed by atoms with Gasteiger partial charge in [-0.25, -0.2) is 4.98 Å². The van der Waals surface area contributed by atoms with E-state index in [2.05, 4.69) is 43.4 Å². The van der Waals surface area contributed by atoms with Crippen LogP contribution in [0.15, 0.2) is 5.38 Å². The number of nitrogens with zero attached hydrogens (tertiary/aromatic N) is 1. The van der Waals surface area contributed by atoms with Gasteiger partial charge in [-0.05, 0) is 32.2 Å². The normalized spacial score (nSPS) is 14.5. The maximum absolute atomic E-state index is 4.63. The third-order valence-corrected chi connectivity index (χ3v) is 4.60. The molecule has 0 fully saturated rings. The Hall–Kier alpha value is -0.410. The first-order chi connectivity index (χ1) is 9.21. The van der Waals surface area contributed by atoms with Gasteiger partial charge < -0.3 is 5.32 Å². The second-order valence-corrected chi connectivity index (χ2v) is 6.50. The van der Waals surface area contributed by atoms with Gasteiger partial charge in [0.1, 0.15) is 0 Å². The van der Waals surface area contributed by atoms with Crippen LogP contribution in [0.4, 0.5) is 0 Å². The summed E-state index contributed by atoms with van der Waals surface area (Å²) in [5.74, 6) is 0.786. The van der Waals surface area contributed by atoms with E-state index in [1.54, 1.807) is 11.3 Å². The fraction of sp³-hybridized carbons (Fsp3) is 0.812. The number of hydrogen-bond acceptors (Lipinski definition) is 3. The average Bonchev–Trinajstić information content (AvgIpc) is 2.81. The van der Waals surface area contributed by atoms with Crippen molar-refractivity contribution in [3.63, 3.8) is 0 Å². The number of aryl methyl sites for hydroxylation is 1. The van der Waals surface area contributed by atoms with Gasteiger partial charge in [0.05, 0.1) is 10.7 Å². The van der Waals surface area contributed by atoms with Gasteiger partial charge in [-0.3, -0.25) is 0 Å². The van der Waals surface area contributed by atoms with Crippen LogP contribution in [0, 0.1) is 12.8 Å². The number of unbranched alkanes of at least 4 members (excludes halogenated alkanes) is 1. The molecule has 1 aromatic rings. The third kappa shape index (κ3) is 6.05. The summed E-state index contributed by atoms with van der Waals surface area (Å²) < 4.78 is 0. The Labute approximate surface area is 123 Å². The molecule has 1 aromatic heterocycles. The molecule has 0 aliphatic carbocycles. The molecule has 0 aliphatic rings. The molecule has 0 bridgehead atoms. The standard InChI is InChI=1S/C16H30N2S/c1-5-8-9-14(7-3)16(17-10-6-2)11-15-12-19-13(4)18-15/h12,14,16-17H,5-11H2,1-4H3. The van der Waals surface area contributed by atoms with E-state index < -0.39 is 0 Å². The second kappa shape index (κ2) is 9.49. The molecule has 2 unspecified atom stereocenters. The first kappa shape index (κ1) is 16.6. The predicted molar refractivity (Wildman–Crippen MR) is 85.9 cm³/mol. The summed E-state index contributed by atoms with van der Waals surface area (Å²) >= 11 is 1.77. The lowest BCUT2D eigenvalue weighted by atomic mass is 9.88. The Balaban J connectivity index is 2.62. The van der Waals surface area contributed by atoms with Crippen LogP contribution < -0.4 is 5.32 Å². The van der Waals surface area contributed by atoms with E-state index >= 15 is 0 Å². The monoisotopic (exact) mass is 282 g/mol. The summed E-state index contributed by atoms with van der Waals surface area (Å²) in [4.78, 5) is 4.63. The van der Waals surface area contributed by atoms with Gasteiger partial charge in [0.25, 0.3) is 0 Å². The van der Waals surface area contributed by atoms with Crippen LogP contribution in [0.3, 0.4) is 0 Å². The minimum absolute atomic E-state index is 0.595. The fourth-order valence-electron chi connectivity index (χ4n) is 2.62. The van der Waals surface area contributed by atoms with Crippen LogP contribution in [0.25, 0.3) is 0 Å². The smallest absolute Gasteiger partial charge is 0.0897 e. The molecule has 0 saturated heterocycles. The molecule has 0 aliphatic heterocycles. The summed E-state index contributed by atoms with van der Waals surface area (Å²) in [5, 5.41) is 7.16. The summed E-state index contributed by atoms with van der Waals surface area (Å²) in [6.07, 6.45) is 7.55. The SMILES string of the molecule is CCCCC(CC)C(Cc1csc(C)n1)NCCC. The topological polar surface area (TPSA) is 24.9 Å². The van der Waals surface area contributed by atoms with Crippen molar-refractivity contribution in [2.75, 3.05) is 6.54 Å². The van der Waals surface area contributed by atoms with Gasteiger partial charge in [-0.2, -0.15) is 0 Å². The minimum atomic E-state index is 0.595. The van der Waals surface area contributed by atoms with Crippen molar-refractivity contribution >= 4 is 11.3 Å². The number of thiazole rings is 1. The molecule has 0 spiro atoms. The molecule has 0 radical (unpaired) electrons. The van der Waals surface area contributed by atoms with Gasteiger partial charge in [0.15, 0.2) is 0 Å². The van der Waals surface area contributed by atoms with E-state index in [4.69, 9.17) is 0 Å². The Bertz CT molecular complexity index is 335. The molecule has 0 saturated carbocycles. The zero-order chi connectivity index (χ0) is 14.1. The van der Waals surface area contributed by atoms with Gasteiger partial charge in [0, 0.05) is 17.8 Å². The van der Waals surface area contributed by atoms with E-state index in [1.165, 1.54) is 42.8 Å². The van der Waals surface area contributed by atoms with Crippen LogP contribution >= 0.6 is 11.3 Å². The zero-order valence-electron chi connectivity index (χ0n) is 13.0. The number of hydrogen-bond donors (Lipinski definition) is 1. The van der Waals surface area contributed by atoms with Crippen molar-refractivity contribution in [1.29, 1.82) is 0 Å². The maximum Gasteiger partial charge on any atom is 0.0897 e. The highest BCUT2D eigenvalue weighted by Gasteiger charge is 2.20. The Morgan fingerprint density at radius 3 is 2.58 bits per heavy atom. The van der Waals surface area contributed by atoms with E-state index in [0.717, 1.165) is 18.9 Å². The number of rotatable bonds is 10. The quantitative estimate of drug-likeness (QED) is 0.679. The molecular weight excluding hydrogens is 252 g/mol. The Kier molecular flexibility index (Phi) is 8.31. The van der Waals surface area contributed by atoms with Crippen molar-refractivity contribution in [1.82, 2.24) is 10.3 Å². The van der Waals surface area contributed by atoms with Crippen molar-refractivity contribution in [2.45, 2.75) is 72.3 Å². The van der Waals surface area contributed by atoms with Crippen LogP contribution in [-0.4, -0.2) is 17.6 Å². The highest BCUT2D eigenvalue weighted by molar-refractivity contribution is 7.09. The Morgan fingerprint density at radius 2 is 2.05 bits per heavy atom. The van der Waals surface area contributed by atoms with E-state index in [0.29, 0.717) is 6.04 Å². The van der Waals surface area contributed by atoms with Crippen molar-refractivity contribution < 1.29 is 0 Å². The lowest BCUT2D eigenvalue weighted by molar-refractivity contribution is 0.314. The average molecular weight is 282 g/mol. The van der Waals surface area contributed by atoms with E-state index in [1.807, 2.05) is 0 Å². The van der Waals surface area contributed by atoms with Gasteiger partial charge in [-0.15, -0.1) is 11.3 Å². The molecule has 0 aromatic carbocycles. The molecule has 110 valence electrons. The summed E-state index contributed by atoms with van der Waals surface area (Å²) in [5.41, 5.74) is 1.27. The lowest BCUT2D eigenvalue weighted by Gasteiger charge is -2.27. The molecule has 2 nitrogen and oxygen atoms in total. The minimum Gasteiger partial charge on any atom is -0.313 e. The predicted octanol–water partition coefficient (Wildman–Crippen LogP) is 4.58. The third-order valence-electron chi connectivity index (χ3n) is 3.77. The second-order valence-electron chi connectivity index (χ2n) is 5.43. The fourth-order valence-corrected chi connectivity index (χ4v) is 3.24. The van der Waals surface area contributed by atoms with Gasteiger partial charge in [0.2, 0.25) is 0 Å². The molecule has 0 amide bonds. The zero-order valence-corrected chi connectivity index (χ0v) is 13.9. The molecule has 2 atom stereocenters. The van der Waals surface area contributed by atoms with Crippen molar-refractivity contribution in [3.8, 4) is 0 Å². The molecule has 3 heteroatoms. The summed E-state index contributed by atoms with van der Waals surface area (Å²) in [6, 6.07) is 0.595. The summed E-state index contributed by atoms with van der Waals surface area (Å²) in [7, 11) is 0. The van der Waals surface area contributed by atoms with Gasteiger partial charge in [-0.1, -0.05) is 40.0 Å². The van der Waals surface area contributed by atoms with Gasteiger partial charge >= 0.3 is 0 Å². The molecule has 1 N–H and O–H groups in total. The summed E-state index contributed by atoms with van der Waals surface area (Å²) in [6.45, 7) is 10.1.